The van der Waals surface area contributed by atoms with Crippen LogP contribution in [0, 0.1) is 0 Å². The predicted octanol–water partition coefficient (Wildman–Crippen LogP) is 1.87. The van der Waals surface area contributed by atoms with E-state index in [9.17, 15) is 14.4 Å². The van der Waals surface area contributed by atoms with Gasteiger partial charge in [0.2, 0.25) is 0 Å². The Morgan fingerprint density at radius 2 is 2.07 bits per heavy atom. The van der Waals surface area contributed by atoms with Crippen molar-refractivity contribution in [2.75, 3.05) is 29.9 Å². The van der Waals surface area contributed by atoms with Gasteiger partial charge in [-0.25, -0.2) is 4.98 Å². The highest BCUT2D eigenvalue weighted by molar-refractivity contribution is 6.39. The van der Waals surface area contributed by atoms with Crippen LogP contribution in [0.1, 0.15) is 12.5 Å². The summed E-state index contributed by atoms with van der Waals surface area (Å²) in [7, 11) is 0. The molecule has 0 unspecified atom stereocenters. The Bertz CT molecular complexity index is 979. The molecule has 1 saturated heterocycles. The first-order valence-corrected chi connectivity index (χ1v) is 9.60. The Kier molecular flexibility index (Phi) is 5.10. The lowest BCUT2D eigenvalue weighted by molar-refractivity contribution is -0.144. The Balaban J connectivity index is 1.38. The molecule has 1 atom stereocenters. The van der Waals surface area contributed by atoms with Crippen LogP contribution in [0.25, 0.3) is 0 Å². The van der Waals surface area contributed by atoms with Gasteiger partial charge in [-0.05, 0) is 25.1 Å². The van der Waals surface area contributed by atoms with Gasteiger partial charge in [0.25, 0.3) is 0 Å². The average molecular weight is 415 g/mol. The van der Waals surface area contributed by atoms with Crippen molar-refractivity contribution in [2.24, 2.45) is 0 Å². The van der Waals surface area contributed by atoms with Gasteiger partial charge in [-0.3, -0.25) is 14.4 Å². The summed E-state index contributed by atoms with van der Waals surface area (Å²) >= 11 is 5.88. The number of amides is 2. The monoisotopic (exact) mass is 414 g/mol. The van der Waals surface area contributed by atoms with Crippen LogP contribution in [-0.4, -0.2) is 53.3 Å². The third-order valence-electron chi connectivity index (χ3n) is 5.00. The molecule has 3 heterocycles. The van der Waals surface area contributed by atoms with Crippen molar-refractivity contribution in [1.82, 2.24) is 9.88 Å². The molecule has 2 aliphatic rings. The molecule has 1 aromatic carbocycles. The van der Waals surface area contributed by atoms with E-state index >= 15 is 0 Å². The smallest absolute Gasteiger partial charge is 0.315 e. The Hall–Kier alpha value is -3.13. The van der Waals surface area contributed by atoms with Gasteiger partial charge in [0.05, 0.1) is 11.4 Å². The van der Waals surface area contributed by atoms with Gasteiger partial charge in [-0.15, -0.1) is 0 Å². The largest absolute Gasteiger partial charge is 0.426 e. The summed E-state index contributed by atoms with van der Waals surface area (Å²) in [6.07, 6.45) is 1.80. The number of pyridine rings is 1. The van der Waals surface area contributed by atoms with Crippen LogP contribution < -0.4 is 15.0 Å². The summed E-state index contributed by atoms with van der Waals surface area (Å²) in [5.74, 6) is -0.456. The second-order valence-electron chi connectivity index (χ2n) is 7.06. The number of benzene rings is 1. The molecule has 0 saturated carbocycles. The maximum Gasteiger partial charge on any atom is 0.315 e. The quantitative estimate of drug-likeness (QED) is 0.458. The van der Waals surface area contributed by atoms with Gasteiger partial charge in [-0.1, -0.05) is 17.7 Å². The lowest BCUT2D eigenvalue weighted by atomic mass is 10.1. The number of carbonyl (C=O) groups excluding carboxylic acids is 3. The van der Waals surface area contributed by atoms with Crippen LogP contribution >= 0.6 is 11.6 Å². The van der Waals surface area contributed by atoms with Gasteiger partial charge in [0.1, 0.15) is 11.6 Å². The third kappa shape index (κ3) is 4.02. The van der Waals surface area contributed by atoms with Crippen LogP contribution in [0.3, 0.4) is 0 Å². The van der Waals surface area contributed by atoms with Crippen molar-refractivity contribution in [3.8, 4) is 5.75 Å². The Morgan fingerprint density at radius 1 is 1.24 bits per heavy atom. The van der Waals surface area contributed by atoms with Crippen LogP contribution in [-0.2, 0) is 20.8 Å². The number of fused-ring (bicyclic) bond motifs is 1. The zero-order valence-corrected chi connectivity index (χ0v) is 16.5. The van der Waals surface area contributed by atoms with Gasteiger partial charge in [-0.2, -0.15) is 0 Å². The first kappa shape index (κ1) is 19.2. The Morgan fingerprint density at radius 3 is 2.79 bits per heavy atom. The highest BCUT2D eigenvalue weighted by Crippen LogP contribution is 2.29. The van der Waals surface area contributed by atoms with Crippen molar-refractivity contribution < 1.29 is 19.1 Å². The molecule has 150 valence electrons. The van der Waals surface area contributed by atoms with Gasteiger partial charge < -0.3 is 19.9 Å². The summed E-state index contributed by atoms with van der Waals surface area (Å²) < 4.78 is 5.08. The number of hydrogen-bond donors (Lipinski definition) is 1. The number of nitrogens with zero attached hydrogens (tertiary/aromatic N) is 3. The first-order chi connectivity index (χ1) is 13.9. The zero-order chi connectivity index (χ0) is 20.5. The lowest BCUT2D eigenvalue weighted by Gasteiger charge is -2.40. The molecule has 1 N–H and O–H groups in total. The zero-order valence-electron chi connectivity index (χ0n) is 15.7. The molecule has 0 spiro atoms. The standard InChI is InChI=1S/C20H19ClN4O4/c1-12-11-24(17-5-3-14(21)10-22-17)6-7-25(12)20(28)19(27)23-15-4-2-13-8-18(26)29-16(13)9-15/h2-5,9-10,12H,6-8,11H2,1H3,(H,23,27)/t12-/m1/s1. The summed E-state index contributed by atoms with van der Waals surface area (Å²) in [6.45, 7) is 3.41. The number of halogens is 1. The van der Waals surface area contributed by atoms with E-state index < -0.39 is 11.8 Å². The lowest BCUT2D eigenvalue weighted by Crippen LogP contribution is -2.56. The molecular formula is C20H19ClN4O4. The Labute approximate surface area is 172 Å². The van der Waals surface area contributed by atoms with E-state index in [0.29, 0.717) is 36.1 Å². The average Bonchev–Trinajstić information content (AvgIpc) is 3.07. The highest BCUT2D eigenvalue weighted by atomic mass is 35.5. The second-order valence-corrected chi connectivity index (χ2v) is 7.49. The molecule has 0 aliphatic carbocycles. The molecule has 1 aromatic heterocycles. The summed E-state index contributed by atoms with van der Waals surface area (Å²) in [5.41, 5.74) is 1.17. The van der Waals surface area contributed by atoms with Crippen molar-refractivity contribution in [3.63, 3.8) is 0 Å². The van der Waals surface area contributed by atoms with E-state index in [4.69, 9.17) is 16.3 Å². The van der Waals surface area contributed by atoms with Gasteiger partial charge >= 0.3 is 17.8 Å². The molecular weight excluding hydrogens is 396 g/mol. The van der Waals surface area contributed by atoms with E-state index in [1.807, 2.05) is 13.0 Å². The van der Waals surface area contributed by atoms with Gasteiger partial charge in [0.15, 0.2) is 0 Å². The fraction of sp³-hybridized carbons (Fsp3) is 0.300. The number of ether oxygens (including phenoxy) is 1. The molecule has 0 radical (unpaired) electrons. The van der Waals surface area contributed by atoms with Crippen molar-refractivity contribution in [2.45, 2.75) is 19.4 Å². The maximum absolute atomic E-state index is 12.7. The number of anilines is 2. The molecule has 29 heavy (non-hydrogen) atoms. The minimum atomic E-state index is -0.723. The van der Waals surface area contributed by atoms with Crippen molar-refractivity contribution in [3.05, 3.63) is 47.1 Å². The first-order valence-electron chi connectivity index (χ1n) is 9.23. The number of aromatic nitrogens is 1. The molecule has 2 amide bonds. The van der Waals surface area contributed by atoms with Gasteiger partial charge in [0, 0.05) is 49.2 Å². The predicted molar refractivity (Wildman–Crippen MR) is 107 cm³/mol. The molecule has 8 nitrogen and oxygen atoms in total. The summed E-state index contributed by atoms with van der Waals surface area (Å²) in [4.78, 5) is 44.4. The van der Waals surface area contributed by atoms with E-state index in [2.05, 4.69) is 15.2 Å². The van der Waals surface area contributed by atoms with E-state index in [0.717, 1.165) is 11.4 Å². The number of piperazine rings is 1. The van der Waals surface area contributed by atoms with E-state index in [1.165, 1.54) is 0 Å². The minimum Gasteiger partial charge on any atom is -0.426 e. The molecule has 1 fully saturated rings. The molecule has 4 rings (SSSR count). The normalized spacial score (nSPS) is 18.3. The van der Waals surface area contributed by atoms with Crippen molar-refractivity contribution in [1.29, 1.82) is 0 Å². The molecule has 9 heteroatoms. The SMILES string of the molecule is C[C@@H]1CN(c2ccc(Cl)cn2)CCN1C(=O)C(=O)Nc1ccc2c(c1)OC(=O)C2. The fourth-order valence-corrected chi connectivity index (χ4v) is 3.64. The molecule has 0 bridgehead atoms. The number of esters is 1. The molecule has 2 aliphatic heterocycles. The minimum absolute atomic E-state index is 0.166. The highest BCUT2D eigenvalue weighted by Gasteiger charge is 2.32. The van der Waals surface area contributed by atoms with Crippen LogP contribution in [0.4, 0.5) is 11.5 Å². The summed E-state index contributed by atoms with van der Waals surface area (Å²) in [6, 6.07) is 8.35. The van der Waals surface area contributed by atoms with Crippen LogP contribution in [0.5, 0.6) is 5.75 Å². The number of nitrogens with one attached hydrogen (secondary N) is 1. The maximum atomic E-state index is 12.7. The third-order valence-corrected chi connectivity index (χ3v) is 5.23. The second kappa shape index (κ2) is 7.71. The van der Waals surface area contributed by atoms with Crippen LogP contribution in [0.15, 0.2) is 36.5 Å². The number of hydrogen-bond acceptors (Lipinski definition) is 6. The van der Waals surface area contributed by atoms with Crippen molar-refractivity contribution >= 4 is 40.9 Å². The fourth-order valence-electron chi connectivity index (χ4n) is 3.53. The van der Waals surface area contributed by atoms with E-state index in [1.54, 1.807) is 35.4 Å². The molecule has 2 aromatic rings. The summed E-state index contributed by atoms with van der Waals surface area (Å²) in [5, 5.41) is 3.15. The topological polar surface area (TPSA) is 91.8 Å². The number of carbonyl (C=O) groups is 3. The van der Waals surface area contributed by atoms with Crippen LogP contribution in [0.2, 0.25) is 5.02 Å². The van der Waals surface area contributed by atoms with E-state index in [-0.39, 0.29) is 18.4 Å². The number of rotatable bonds is 2.